The Hall–Kier alpha value is -4.90. The first kappa shape index (κ1) is 46.1. The number of aliphatic hydroxyl groups is 2. The highest BCUT2D eigenvalue weighted by atomic mass is 35.5. The van der Waals surface area contributed by atoms with E-state index in [9.17, 15) is 25.4 Å². The lowest BCUT2D eigenvalue weighted by molar-refractivity contribution is -0.186. The van der Waals surface area contributed by atoms with Crippen LogP contribution in [0.2, 0.25) is 15.1 Å². The lowest BCUT2D eigenvalue weighted by Gasteiger charge is -2.49. The van der Waals surface area contributed by atoms with Gasteiger partial charge in [0.2, 0.25) is 0 Å². The quantitative estimate of drug-likeness (QED) is 0.0813. The van der Waals surface area contributed by atoms with Gasteiger partial charge in [-0.2, -0.15) is 5.26 Å². The predicted octanol–water partition coefficient (Wildman–Crippen LogP) is 9.60. The van der Waals surface area contributed by atoms with Gasteiger partial charge in [-0.05, 0) is 105 Å². The van der Waals surface area contributed by atoms with Crippen molar-refractivity contribution in [1.29, 1.82) is 5.26 Å². The first-order chi connectivity index (χ1) is 30.3. The highest BCUT2D eigenvalue weighted by Gasteiger charge is 2.50. The Morgan fingerprint density at radius 1 is 0.889 bits per heavy atom. The molecule has 0 radical (unpaired) electrons. The number of aliphatic carboxylic acids is 1. The van der Waals surface area contributed by atoms with Crippen LogP contribution < -0.4 is 14.2 Å². The van der Waals surface area contributed by atoms with Crippen LogP contribution in [0.25, 0.3) is 11.1 Å². The summed E-state index contributed by atoms with van der Waals surface area (Å²) in [7, 11) is 0. The predicted molar refractivity (Wildman–Crippen MR) is 244 cm³/mol. The lowest BCUT2D eigenvalue weighted by Crippen LogP contribution is -2.61. The minimum absolute atomic E-state index is 0.117. The molecule has 3 atom stereocenters. The van der Waals surface area contributed by atoms with Gasteiger partial charge in [0.25, 0.3) is 0 Å². The van der Waals surface area contributed by atoms with Crippen LogP contribution in [-0.2, 0) is 30.2 Å². The van der Waals surface area contributed by atoms with Crippen LogP contribution in [0, 0.1) is 18.3 Å². The summed E-state index contributed by atoms with van der Waals surface area (Å²) in [6.45, 7) is 6.96. The molecule has 14 heteroatoms. The zero-order valence-corrected chi connectivity index (χ0v) is 37.6. The van der Waals surface area contributed by atoms with Gasteiger partial charge >= 0.3 is 5.97 Å². The highest BCUT2D eigenvalue weighted by Crippen LogP contribution is 2.42. The average molecular weight is 914 g/mol. The van der Waals surface area contributed by atoms with Gasteiger partial charge in [0, 0.05) is 54.6 Å². The number of hydrogen-bond donors (Lipinski definition) is 3. The number of pyridine rings is 1. The molecule has 63 heavy (non-hydrogen) atoms. The highest BCUT2D eigenvalue weighted by molar-refractivity contribution is 6.35. The summed E-state index contributed by atoms with van der Waals surface area (Å²) in [5, 5.41) is 43.5. The number of likely N-dealkylation sites (tertiary alicyclic amines) is 2. The number of piperidine rings is 2. The van der Waals surface area contributed by atoms with E-state index < -0.39 is 23.2 Å². The molecule has 1 unspecified atom stereocenters. The molecule has 0 bridgehead atoms. The number of β-amino-alcohol motifs (C(OH)–C–C–N with tert-alkyl or cyclic N) is 1. The maximum Gasteiger partial charge on any atom is 0.320 e. The molecule has 330 valence electrons. The summed E-state index contributed by atoms with van der Waals surface area (Å²) in [4.78, 5) is 20.5. The molecule has 4 aromatic carbocycles. The van der Waals surface area contributed by atoms with Crippen molar-refractivity contribution >= 4 is 40.8 Å². The number of hydrogen-bond acceptors (Lipinski definition) is 10. The standard InChI is InChI=1S/C49H51Cl3N4O7/c1-32-34(29-62-45-25-44(63-30-38-18-13-33(26-53)27-54-38)35(24-41(45)51)28-56-21-4-3-11-42(56)47(57)58)8-5-9-39(32)40-10-6-12-43(46(40)52)61-23-7-20-55-22-19-49(60,48(2,59)31-55)36-14-16-37(50)17-15-36/h5-6,8-10,12-18,24-25,27,42,59-60H,3-4,7,11,19-23,28-31H2,1-2H3,(H,57,58)/t42?,48-,49-/m1/s1. The molecule has 0 saturated carbocycles. The van der Waals surface area contributed by atoms with Crippen LogP contribution in [0.4, 0.5) is 0 Å². The molecule has 3 N–H and O–H groups in total. The number of ether oxygens (including phenoxy) is 3. The van der Waals surface area contributed by atoms with Crippen molar-refractivity contribution in [3.8, 4) is 34.4 Å². The van der Waals surface area contributed by atoms with E-state index in [0.717, 1.165) is 40.7 Å². The summed E-state index contributed by atoms with van der Waals surface area (Å²) in [6.07, 6.45) is 4.88. The Morgan fingerprint density at radius 3 is 2.38 bits per heavy atom. The van der Waals surface area contributed by atoms with E-state index in [1.165, 1.54) is 6.20 Å². The first-order valence-corrected chi connectivity index (χ1v) is 22.2. The van der Waals surface area contributed by atoms with Gasteiger partial charge < -0.3 is 34.4 Å². The van der Waals surface area contributed by atoms with Crippen LogP contribution >= 0.6 is 34.8 Å². The number of nitriles is 1. The molecule has 5 aromatic rings. The summed E-state index contributed by atoms with van der Waals surface area (Å²) in [6, 6.07) is 27.1. The smallest absolute Gasteiger partial charge is 0.320 e. The van der Waals surface area contributed by atoms with E-state index >= 15 is 0 Å². The molecule has 3 heterocycles. The van der Waals surface area contributed by atoms with Crippen LogP contribution in [0.3, 0.4) is 0 Å². The molecule has 11 nitrogen and oxygen atoms in total. The third kappa shape index (κ3) is 10.7. The van der Waals surface area contributed by atoms with E-state index in [2.05, 4.69) is 16.0 Å². The van der Waals surface area contributed by atoms with Gasteiger partial charge in [-0.15, -0.1) is 0 Å². The fourth-order valence-electron chi connectivity index (χ4n) is 8.54. The second kappa shape index (κ2) is 20.3. The molecule has 1 aromatic heterocycles. The van der Waals surface area contributed by atoms with Gasteiger partial charge in [0.15, 0.2) is 0 Å². The van der Waals surface area contributed by atoms with E-state index in [4.69, 9.17) is 49.0 Å². The van der Waals surface area contributed by atoms with Crippen LogP contribution in [0.15, 0.2) is 91.1 Å². The normalized spacial score (nSPS) is 20.5. The molecule has 2 aliphatic rings. The Balaban J connectivity index is 1.01. The maximum absolute atomic E-state index is 12.1. The second-order valence-electron chi connectivity index (χ2n) is 16.5. The van der Waals surface area contributed by atoms with Gasteiger partial charge in [-0.1, -0.05) is 83.7 Å². The Morgan fingerprint density at radius 2 is 1.65 bits per heavy atom. The van der Waals surface area contributed by atoms with Crippen molar-refractivity contribution in [2.45, 2.75) is 83.0 Å². The van der Waals surface area contributed by atoms with E-state index in [1.54, 1.807) is 55.5 Å². The number of benzene rings is 4. The van der Waals surface area contributed by atoms with Gasteiger partial charge in [0.05, 0.1) is 27.9 Å². The fraction of sp³-hybridized carbons (Fsp3) is 0.367. The van der Waals surface area contributed by atoms with E-state index in [0.29, 0.717) is 108 Å². The van der Waals surface area contributed by atoms with Crippen molar-refractivity contribution in [1.82, 2.24) is 14.8 Å². The van der Waals surface area contributed by atoms with E-state index in [-0.39, 0.29) is 13.2 Å². The maximum atomic E-state index is 12.1. The molecular weight excluding hydrogens is 863 g/mol. The Labute approximate surface area is 383 Å². The molecule has 2 saturated heterocycles. The summed E-state index contributed by atoms with van der Waals surface area (Å²) in [5.41, 5.74) is 3.31. The van der Waals surface area contributed by atoms with Gasteiger partial charge in [0.1, 0.15) is 53.8 Å². The summed E-state index contributed by atoms with van der Waals surface area (Å²) < 4.78 is 18.9. The third-order valence-electron chi connectivity index (χ3n) is 12.2. The number of nitrogens with zero attached hydrogens (tertiary/aromatic N) is 4. The number of rotatable bonds is 16. The molecule has 7 rings (SSSR count). The minimum Gasteiger partial charge on any atom is -0.492 e. The summed E-state index contributed by atoms with van der Waals surface area (Å²) in [5.74, 6) is 0.609. The van der Waals surface area contributed by atoms with Crippen LogP contribution in [-0.4, -0.2) is 80.5 Å². The zero-order chi connectivity index (χ0) is 44.7. The first-order valence-electron chi connectivity index (χ1n) is 21.1. The minimum atomic E-state index is -1.38. The molecule has 0 aliphatic carbocycles. The monoisotopic (exact) mass is 912 g/mol. The van der Waals surface area contributed by atoms with Gasteiger partial charge in [-0.25, -0.2) is 0 Å². The molecule has 0 spiro atoms. The van der Waals surface area contributed by atoms with Crippen molar-refractivity contribution in [3.05, 3.63) is 140 Å². The van der Waals surface area contributed by atoms with Crippen LogP contribution in [0.5, 0.6) is 17.2 Å². The number of halogens is 3. The second-order valence-corrected chi connectivity index (χ2v) is 17.7. The molecule has 2 fully saturated rings. The SMILES string of the molecule is Cc1c(COc2cc(OCc3ccc(C#N)cn3)c(CN3CCCCC3C(=O)O)cc2Cl)cccc1-c1cccc(OCCCN2CC[C@@](O)(c3ccc(Cl)cc3)[C@](C)(O)C2)c1Cl. The lowest BCUT2D eigenvalue weighted by atomic mass is 9.73. The van der Waals surface area contributed by atoms with E-state index in [1.807, 2.05) is 48.2 Å². The third-order valence-corrected chi connectivity index (χ3v) is 13.1. The number of aromatic nitrogens is 1. The average Bonchev–Trinajstić information content (AvgIpc) is 3.27. The molecule has 0 amide bonds. The van der Waals surface area contributed by atoms with Crippen molar-refractivity contribution in [2.75, 3.05) is 32.8 Å². The van der Waals surface area contributed by atoms with Crippen molar-refractivity contribution in [3.63, 3.8) is 0 Å². The molecular formula is C49H51Cl3N4O7. The summed E-state index contributed by atoms with van der Waals surface area (Å²) >= 11 is 20.0. The topological polar surface area (TPSA) is 149 Å². The van der Waals surface area contributed by atoms with Crippen molar-refractivity contribution in [2.24, 2.45) is 0 Å². The fourth-order valence-corrected chi connectivity index (χ4v) is 9.19. The Kier molecular flexibility index (Phi) is 14.9. The number of carbonyl (C=O) groups is 1. The Bertz CT molecular complexity index is 2440. The van der Waals surface area contributed by atoms with Gasteiger partial charge in [-0.3, -0.25) is 14.7 Å². The number of carboxylic acid groups (broad SMARTS) is 1. The zero-order valence-electron chi connectivity index (χ0n) is 35.3. The van der Waals surface area contributed by atoms with Crippen molar-refractivity contribution < 1.29 is 34.3 Å². The largest absolute Gasteiger partial charge is 0.492 e. The van der Waals surface area contributed by atoms with Crippen LogP contribution in [0.1, 0.15) is 72.5 Å². The number of carboxylic acids is 1. The molecule has 2 aliphatic heterocycles.